The molecule has 8 heteroatoms. The second kappa shape index (κ2) is 4.56. The van der Waals surface area contributed by atoms with Crippen LogP contribution in [0.3, 0.4) is 0 Å². The normalized spacial score (nSPS) is 12.5. The fourth-order valence-corrected chi connectivity index (χ4v) is 1.81. The van der Waals surface area contributed by atoms with E-state index in [0.717, 1.165) is 11.3 Å². The molecule has 0 saturated carbocycles. The summed E-state index contributed by atoms with van der Waals surface area (Å²) in [5.41, 5.74) is 0.934. The fourth-order valence-electron chi connectivity index (χ4n) is 1.81. The summed E-state index contributed by atoms with van der Waals surface area (Å²) in [4.78, 5) is 13.4. The van der Waals surface area contributed by atoms with Gasteiger partial charge in [0.25, 0.3) is 11.7 Å². The molecule has 0 saturated heterocycles. The number of ether oxygens (including phenoxy) is 2. The molecular weight excluding hydrogens is 250 g/mol. The van der Waals surface area contributed by atoms with E-state index >= 15 is 0 Å². The van der Waals surface area contributed by atoms with Crippen molar-refractivity contribution in [3.8, 4) is 11.5 Å². The number of carbonyl (C=O) groups is 1. The highest BCUT2D eigenvalue weighted by molar-refractivity contribution is 5.89. The van der Waals surface area contributed by atoms with E-state index in [1.165, 1.54) is 4.90 Å². The first-order valence-electron chi connectivity index (χ1n) is 5.61. The average Bonchev–Trinajstić information content (AvgIpc) is 3.08. The summed E-state index contributed by atoms with van der Waals surface area (Å²) >= 11 is 0. The summed E-state index contributed by atoms with van der Waals surface area (Å²) in [5, 5.41) is 12.9. The van der Waals surface area contributed by atoms with E-state index < -0.39 is 0 Å². The van der Waals surface area contributed by atoms with Crippen LogP contribution in [-0.4, -0.2) is 45.3 Å². The van der Waals surface area contributed by atoms with E-state index in [1.54, 1.807) is 7.05 Å². The van der Waals surface area contributed by atoms with Crippen molar-refractivity contribution >= 4 is 5.91 Å². The molecule has 1 aromatic carbocycles. The maximum absolute atomic E-state index is 11.9. The number of hydrogen-bond donors (Lipinski definition) is 1. The first kappa shape index (κ1) is 11.5. The molecule has 19 heavy (non-hydrogen) atoms. The van der Waals surface area contributed by atoms with Crippen molar-refractivity contribution < 1.29 is 14.3 Å². The van der Waals surface area contributed by atoms with Gasteiger partial charge >= 0.3 is 0 Å². The predicted octanol–water partition coefficient (Wildman–Crippen LogP) is 0.201. The molecule has 0 bridgehead atoms. The molecule has 98 valence electrons. The van der Waals surface area contributed by atoms with Gasteiger partial charge in [-0.25, -0.2) is 0 Å². The highest BCUT2D eigenvalue weighted by atomic mass is 16.7. The van der Waals surface area contributed by atoms with Crippen LogP contribution in [0.25, 0.3) is 0 Å². The van der Waals surface area contributed by atoms with Crippen molar-refractivity contribution in [3.05, 3.63) is 29.6 Å². The Hall–Kier alpha value is -2.64. The highest BCUT2D eigenvalue weighted by Crippen LogP contribution is 2.32. The summed E-state index contributed by atoms with van der Waals surface area (Å²) in [7, 11) is 1.67. The molecule has 0 spiro atoms. The van der Waals surface area contributed by atoms with Crippen molar-refractivity contribution in [1.29, 1.82) is 0 Å². The third kappa shape index (κ3) is 2.19. The number of aromatic nitrogens is 4. The third-order valence-corrected chi connectivity index (χ3v) is 2.74. The number of fused-ring (bicyclic) bond motifs is 1. The molecule has 1 aliphatic rings. The summed E-state index contributed by atoms with van der Waals surface area (Å²) < 4.78 is 10.5. The van der Waals surface area contributed by atoms with Crippen molar-refractivity contribution in [2.75, 3.05) is 13.8 Å². The number of aromatic amines is 1. The summed E-state index contributed by atoms with van der Waals surface area (Å²) in [6, 6.07) is 5.56. The molecule has 0 radical (unpaired) electrons. The number of benzene rings is 1. The van der Waals surface area contributed by atoms with Gasteiger partial charge < -0.3 is 14.4 Å². The number of tetrazole rings is 1. The lowest BCUT2D eigenvalue weighted by molar-refractivity contribution is 0.0773. The second-order valence-electron chi connectivity index (χ2n) is 4.08. The zero-order valence-corrected chi connectivity index (χ0v) is 10.2. The molecule has 8 nitrogen and oxygen atoms in total. The van der Waals surface area contributed by atoms with Gasteiger partial charge in [-0.15, -0.1) is 10.2 Å². The quantitative estimate of drug-likeness (QED) is 0.848. The van der Waals surface area contributed by atoms with Gasteiger partial charge in [-0.1, -0.05) is 6.07 Å². The Bertz CT molecular complexity index is 598. The minimum atomic E-state index is -0.300. The maximum Gasteiger partial charge on any atom is 0.295 e. The zero-order valence-electron chi connectivity index (χ0n) is 10.2. The molecule has 1 N–H and O–H groups in total. The monoisotopic (exact) mass is 261 g/mol. The first-order valence-corrected chi connectivity index (χ1v) is 5.61. The molecule has 0 fully saturated rings. The second-order valence-corrected chi connectivity index (χ2v) is 4.08. The lowest BCUT2D eigenvalue weighted by Gasteiger charge is -2.15. The molecule has 1 amide bonds. The van der Waals surface area contributed by atoms with Crippen LogP contribution < -0.4 is 9.47 Å². The van der Waals surface area contributed by atoms with Crippen LogP contribution >= 0.6 is 0 Å². The highest BCUT2D eigenvalue weighted by Gasteiger charge is 2.18. The van der Waals surface area contributed by atoms with E-state index in [-0.39, 0.29) is 18.5 Å². The lowest BCUT2D eigenvalue weighted by atomic mass is 10.2. The number of nitrogens with zero attached hydrogens (tertiary/aromatic N) is 4. The summed E-state index contributed by atoms with van der Waals surface area (Å²) in [5.74, 6) is 1.16. The van der Waals surface area contributed by atoms with E-state index in [4.69, 9.17) is 9.47 Å². The Morgan fingerprint density at radius 1 is 1.42 bits per heavy atom. The van der Waals surface area contributed by atoms with Crippen LogP contribution in [0.4, 0.5) is 0 Å². The molecule has 2 aromatic rings. The van der Waals surface area contributed by atoms with Gasteiger partial charge in [-0.2, -0.15) is 5.21 Å². The largest absolute Gasteiger partial charge is 0.454 e. The molecule has 1 aromatic heterocycles. The molecule has 0 aliphatic carbocycles. The van der Waals surface area contributed by atoms with Crippen LogP contribution in [-0.2, 0) is 6.54 Å². The van der Waals surface area contributed by atoms with E-state index in [0.29, 0.717) is 12.3 Å². The number of amides is 1. The van der Waals surface area contributed by atoms with Gasteiger partial charge in [0.05, 0.1) is 0 Å². The van der Waals surface area contributed by atoms with E-state index in [2.05, 4.69) is 20.6 Å². The molecule has 2 heterocycles. The summed E-state index contributed by atoms with van der Waals surface area (Å²) in [6.07, 6.45) is 0. The number of nitrogens with one attached hydrogen (secondary N) is 1. The van der Waals surface area contributed by atoms with Gasteiger partial charge in [0.1, 0.15) is 0 Å². The van der Waals surface area contributed by atoms with E-state index in [1.807, 2.05) is 18.2 Å². The fraction of sp³-hybridized carbons (Fsp3) is 0.273. The van der Waals surface area contributed by atoms with Crippen LogP contribution in [0.1, 0.15) is 16.2 Å². The maximum atomic E-state index is 11.9. The van der Waals surface area contributed by atoms with Gasteiger partial charge in [0.15, 0.2) is 11.5 Å². The first-order chi connectivity index (χ1) is 9.24. The van der Waals surface area contributed by atoms with Crippen molar-refractivity contribution in [2.24, 2.45) is 0 Å². The minimum Gasteiger partial charge on any atom is -0.454 e. The van der Waals surface area contributed by atoms with Crippen molar-refractivity contribution in [2.45, 2.75) is 6.54 Å². The molecule has 1 aliphatic heterocycles. The number of carbonyl (C=O) groups excluding carboxylic acids is 1. The molecular formula is C11H11N5O3. The number of H-pyrrole nitrogens is 1. The van der Waals surface area contributed by atoms with Crippen LogP contribution in [0.2, 0.25) is 0 Å². The van der Waals surface area contributed by atoms with Gasteiger partial charge in [-0.3, -0.25) is 4.79 Å². The molecule has 0 unspecified atom stereocenters. The Morgan fingerprint density at radius 2 is 2.26 bits per heavy atom. The van der Waals surface area contributed by atoms with Crippen LogP contribution in [0.15, 0.2) is 18.2 Å². The van der Waals surface area contributed by atoms with E-state index in [9.17, 15) is 4.79 Å². The summed E-state index contributed by atoms with van der Waals surface area (Å²) in [6.45, 7) is 0.653. The molecule has 0 atom stereocenters. The Balaban J connectivity index is 1.73. The van der Waals surface area contributed by atoms with Crippen LogP contribution in [0, 0.1) is 0 Å². The Kier molecular flexibility index (Phi) is 2.75. The smallest absolute Gasteiger partial charge is 0.295 e. The topological polar surface area (TPSA) is 93.2 Å². The van der Waals surface area contributed by atoms with Gasteiger partial charge in [0.2, 0.25) is 6.79 Å². The Morgan fingerprint density at radius 3 is 3.05 bits per heavy atom. The van der Waals surface area contributed by atoms with Crippen LogP contribution in [0.5, 0.6) is 11.5 Å². The van der Waals surface area contributed by atoms with Crippen molar-refractivity contribution in [3.63, 3.8) is 0 Å². The Labute approximate surface area is 108 Å². The predicted molar refractivity (Wildman–Crippen MR) is 62.5 cm³/mol. The zero-order chi connectivity index (χ0) is 13.2. The third-order valence-electron chi connectivity index (χ3n) is 2.74. The standard InChI is InChI=1S/C11H11N5O3/c1-16(11(17)10-12-14-15-13-10)5-7-2-3-8-9(4-7)19-6-18-8/h2-4H,5-6H2,1H3,(H,12,13,14,15). The lowest BCUT2D eigenvalue weighted by Crippen LogP contribution is -2.27. The van der Waals surface area contributed by atoms with Gasteiger partial charge in [-0.05, 0) is 22.9 Å². The minimum absolute atomic E-state index is 0.0447. The SMILES string of the molecule is CN(Cc1ccc2c(c1)OCO2)C(=O)c1nn[nH]n1. The van der Waals surface area contributed by atoms with Crippen molar-refractivity contribution in [1.82, 2.24) is 25.5 Å². The average molecular weight is 261 g/mol. The number of hydrogen-bond acceptors (Lipinski definition) is 6. The van der Waals surface area contributed by atoms with Gasteiger partial charge in [0, 0.05) is 13.6 Å². The molecule has 3 rings (SSSR count). The number of rotatable bonds is 3.